The van der Waals surface area contributed by atoms with Crippen molar-refractivity contribution in [2.45, 2.75) is 0 Å². The van der Waals surface area contributed by atoms with Crippen LogP contribution in [0.1, 0.15) is 16.7 Å². The standard InChI is InChI=1S/C45H28N4OS/c46-44(48-45(29-13-5-2-6-14-29)47-27-28-11-3-1-4-12-28)30-19-22-42-36(23-30)37-25-35-34-21-20-31(24-40(34)50-41(35)26-43(37)51-42)49-38-17-9-7-15-32(38)33-16-8-10-18-39(33)49/h1-27,46H. The van der Waals surface area contributed by atoms with Gasteiger partial charge in [-0.3, -0.25) is 5.41 Å². The maximum Gasteiger partial charge on any atom is 0.161 e. The average Bonchev–Trinajstić information content (AvgIpc) is 3.84. The van der Waals surface area contributed by atoms with E-state index in [9.17, 15) is 0 Å². The van der Waals surface area contributed by atoms with E-state index in [0.717, 1.165) is 64.5 Å². The Morgan fingerprint density at radius 3 is 1.98 bits per heavy atom. The smallest absolute Gasteiger partial charge is 0.161 e. The van der Waals surface area contributed by atoms with Crippen molar-refractivity contribution in [2.75, 3.05) is 0 Å². The monoisotopic (exact) mass is 672 g/mol. The molecule has 0 aliphatic heterocycles. The van der Waals surface area contributed by atoms with E-state index >= 15 is 0 Å². The lowest BCUT2D eigenvalue weighted by atomic mass is 10.1. The van der Waals surface area contributed by atoms with Crippen molar-refractivity contribution in [3.63, 3.8) is 0 Å². The molecule has 10 rings (SSSR count). The Morgan fingerprint density at radius 2 is 1.22 bits per heavy atom. The van der Waals surface area contributed by atoms with Gasteiger partial charge in [0.2, 0.25) is 0 Å². The molecule has 0 atom stereocenters. The summed E-state index contributed by atoms with van der Waals surface area (Å²) < 4.78 is 11.2. The van der Waals surface area contributed by atoms with Gasteiger partial charge in [-0.2, -0.15) is 0 Å². The number of aliphatic imine (C=N–C) groups is 2. The highest BCUT2D eigenvalue weighted by atomic mass is 32.1. The molecule has 0 radical (unpaired) electrons. The number of fused-ring (bicyclic) bond motifs is 9. The van der Waals surface area contributed by atoms with E-state index in [1.165, 1.54) is 21.8 Å². The third-order valence-electron chi connectivity index (χ3n) is 9.54. The zero-order valence-electron chi connectivity index (χ0n) is 27.2. The molecular weight excluding hydrogens is 645 g/mol. The summed E-state index contributed by atoms with van der Waals surface area (Å²) in [6.07, 6.45) is 1.79. The summed E-state index contributed by atoms with van der Waals surface area (Å²) in [5.41, 5.74) is 7.69. The highest BCUT2D eigenvalue weighted by Crippen LogP contribution is 2.41. The molecule has 1 N–H and O–H groups in total. The van der Waals surface area contributed by atoms with Crippen molar-refractivity contribution in [1.82, 2.24) is 4.57 Å². The fourth-order valence-electron chi connectivity index (χ4n) is 7.12. The normalized spacial score (nSPS) is 12.4. The molecule has 240 valence electrons. The van der Waals surface area contributed by atoms with Crippen LogP contribution in [-0.2, 0) is 0 Å². The molecular formula is C45H28N4OS. The lowest BCUT2D eigenvalue weighted by Crippen LogP contribution is -2.04. The Balaban J connectivity index is 1.06. The van der Waals surface area contributed by atoms with Gasteiger partial charge >= 0.3 is 0 Å². The fraction of sp³-hybridized carbons (Fsp3) is 0. The molecule has 0 saturated heterocycles. The average molecular weight is 673 g/mol. The number of nitrogens with one attached hydrogen (secondary N) is 1. The summed E-state index contributed by atoms with van der Waals surface area (Å²) in [6, 6.07) is 53.9. The number of nitrogens with zero attached hydrogens (tertiary/aromatic N) is 3. The third-order valence-corrected chi connectivity index (χ3v) is 10.7. The van der Waals surface area contributed by atoms with Crippen molar-refractivity contribution >= 4 is 93.1 Å². The Labute approximate surface area is 296 Å². The highest BCUT2D eigenvalue weighted by Gasteiger charge is 2.16. The van der Waals surface area contributed by atoms with Crippen molar-refractivity contribution in [3.8, 4) is 5.69 Å². The van der Waals surface area contributed by atoms with E-state index in [1.54, 1.807) is 17.6 Å². The van der Waals surface area contributed by atoms with Gasteiger partial charge in [-0.1, -0.05) is 97.1 Å². The van der Waals surface area contributed by atoms with E-state index in [1.807, 2.05) is 66.7 Å². The van der Waals surface area contributed by atoms with Crippen LogP contribution >= 0.6 is 11.3 Å². The van der Waals surface area contributed by atoms with Gasteiger partial charge in [-0.05, 0) is 60.2 Å². The fourth-order valence-corrected chi connectivity index (χ4v) is 8.22. The number of thiophene rings is 1. The van der Waals surface area contributed by atoms with Gasteiger partial charge in [0, 0.05) is 70.8 Å². The minimum Gasteiger partial charge on any atom is -0.456 e. The minimum absolute atomic E-state index is 0.160. The number of furan rings is 1. The Hall–Kier alpha value is -6.63. The van der Waals surface area contributed by atoms with Crippen molar-refractivity contribution < 1.29 is 4.42 Å². The molecule has 0 aliphatic carbocycles. The number of aromatic nitrogens is 1. The number of hydrogen-bond donors (Lipinski definition) is 1. The zero-order valence-corrected chi connectivity index (χ0v) is 28.1. The molecule has 0 bridgehead atoms. The van der Waals surface area contributed by atoms with E-state index in [0.29, 0.717) is 5.84 Å². The first-order valence-electron chi connectivity index (χ1n) is 16.8. The first-order chi connectivity index (χ1) is 25.2. The van der Waals surface area contributed by atoms with Gasteiger partial charge in [0.1, 0.15) is 11.2 Å². The maximum absolute atomic E-state index is 9.05. The van der Waals surface area contributed by atoms with Gasteiger partial charge in [0.05, 0.1) is 11.0 Å². The van der Waals surface area contributed by atoms with E-state index in [-0.39, 0.29) is 5.84 Å². The molecule has 51 heavy (non-hydrogen) atoms. The highest BCUT2D eigenvalue weighted by molar-refractivity contribution is 7.25. The molecule has 0 fully saturated rings. The molecule has 0 saturated carbocycles. The van der Waals surface area contributed by atoms with Crippen molar-refractivity contribution in [3.05, 3.63) is 174 Å². The Bertz CT molecular complexity index is 2990. The quantitative estimate of drug-likeness (QED) is 0.147. The number of amidine groups is 2. The predicted octanol–water partition coefficient (Wildman–Crippen LogP) is 11.9. The largest absolute Gasteiger partial charge is 0.456 e. The van der Waals surface area contributed by atoms with Crippen LogP contribution in [-0.4, -0.2) is 22.5 Å². The summed E-state index contributed by atoms with van der Waals surface area (Å²) in [5.74, 6) is 0.652. The minimum atomic E-state index is 0.160. The zero-order chi connectivity index (χ0) is 33.9. The topological polar surface area (TPSA) is 66.6 Å². The molecule has 0 aliphatic rings. The van der Waals surface area contributed by atoms with Crippen molar-refractivity contribution in [1.29, 1.82) is 5.41 Å². The van der Waals surface area contributed by atoms with Crippen LogP contribution in [0.5, 0.6) is 0 Å². The second-order valence-corrected chi connectivity index (χ2v) is 13.7. The summed E-state index contributed by atoms with van der Waals surface area (Å²) in [7, 11) is 0. The number of benzene rings is 7. The van der Waals surface area contributed by atoms with Gasteiger partial charge in [-0.15, -0.1) is 11.3 Å². The van der Waals surface area contributed by atoms with Gasteiger partial charge < -0.3 is 8.98 Å². The maximum atomic E-state index is 9.05. The molecule has 10 aromatic rings. The summed E-state index contributed by atoms with van der Waals surface area (Å²) in [4.78, 5) is 9.46. The summed E-state index contributed by atoms with van der Waals surface area (Å²) in [5, 5.41) is 15.9. The molecule has 7 aromatic carbocycles. The van der Waals surface area contributed by atoms with Gasteiger partial charge in [0.25, 0.3) is 0 Å². The molecule has 5 nitrogen and oxygen atoms in total. The lowest BCUT2D eigenvalue weighted by molar-refractivity contribution is 0.669. The van der Waals surface area contributed by atoms with Crippen LogP contribution in [0, 0.1) is 5.41 Å². The lowest BCUT2D eigenvalue weighted by Gasteiger charge is -2.07. The molecule has 0 amide bonds. The van der Waals surface area contributed by atoms with E-state index < -0.39 is 0 Å². The first kappa shape index (κ1) is 29.3. The van der Waals surface area contributed by atoms with Gasteiger partial charge in [-0.25, -0.2) is 9.98 Å². The number of hydrogen-bond acceptors (Lipinski definition) is 3. The number of rotatable bonds is 4. The molecule has 0 spiro atoms. The van der Waals surface area contributed by atoms with Gasteiger partial charge in [0.15, 0.2) is 11.7 Å². The Morgan fingerprint density at radius 1 is 0.549 bits per heavy atom. The van der Waals surface area contributed by atoms with E-state index in [2.05, 4.69) is 95.6 Å². The Kier molecular flexibility index (Phi) is 6.76. The molecule has 3 heterocycles. The predicted molar refractivity (Wildman–Crippen MR) is 215 cm³/mol. The van der Waals surface area contributed by atoms with Crippen LogP contribution in [0.2, 0.25) is 0 Å². The van der Waals surface area contributed by atoms with Crippen LogP contribution in [0.4, 0.5) is 0 Å². The van der Waals surface area contributed by atoms with E-state index in [4.69, 9.17) is 19.8 Å². The molecule has 6 heteroatoms. The second kappa shape index (κ2) is 11.8. The molecule has 0 unspecified atom stereocenters. The van der Waals surface area contributed by atoms with Crippen molar-refractivity contribution in [2.24, 2.45) is 9.98 Å². The first-order valence-corrected chi connectivity index (χ1v) is 17.6. The van der Waals surface area contributed by atoms with Crippen LogP contribution in [0.25, 0.3) is 69.6 Å². The van der Waals surface area contributed by atoms with Crippen LogP contribution < -0.4 is 0 Å². The van der Waals surface area contributed by atoms with Crippen LogP contribution in [0.15, 0.2) is 172 Å². The third kappa shape index (κ3) is 4.96. The summed E-state index contributed by atoms with van der Waals surface area (Å²) >= 11 is 1.73. The molecule has 3 aromatic heterocycles. The number of para-hydroxylation sites is 2. The summed E-state index contributed by atoms with van der Waals surface area (Å²) in [6.45, 7) is 0. The van der Waals surface area contributed by atoms with Crippen LogP contribution in [0.3, 0.4) is 0 Å². The SMILES string of the molecule is N=C(N=C(N=Cc1ccccc1)c1ccccc1)c1ccc2sc3cc4oc5cc(-n6c7ccccc7c7ccccc76)ccc5c4cc3c2c1. The second-order valence-electron chi connectivity index (χ2n) is 12.6.